The molecule has 4 aromatic rings. The van der Waals surface area contributed by atoms with Crippen LogP contribution in [0.1, 0.15) is 10.8 Å². The minimum atomic E-state index is -0.457. The van der Waals surface area contributed by atoms with Crippen molar-refractivity contribution in [3.63, 3.8) is 0 Å². The molecule has 0 saturated carbocycles. The van der Waals surface area contributed by atoms with Crippen molar-refractivity contribution in [2.75, 3.05) is 0 Å². The van der Waals surface area contributed by atoms with Crippen LogP contribution in [0.25, 0.3) is 34.2 Å². The van der Waals surface area contributed by atoms with Crippen LogP contribution in [-0.4, -0.2) is 9.91 Å². The minimum Gasteiger partial charge on any atom is -0.457 e. The molecule has 0 amide bonds. The molecule has 0 spiro atoms. The first-order valence-electron chi connectivity index (χ1n) is 8.83. The highest BCUT2D eigenvalue weighted by Crippen LogP contribution is 2.35. The molecule has 2 aromatic carbocycles. The van der Waals surface area contributed by atoms with Crippen molar-refractivity contribution in [2.45, 2.75) is 0 Å². The zero-order chi connectivity index (χ0) is 22.0. The van der Waals surface area contributed by atoms with Gasteiger partial charge in [-0.3, -0.25) is 10.1 Å². The molecule has 4 rings (SSSR count). The van der Waals surface area contributed by atoms with Gasteiger partial charge < -0.3 is 4.42 Å². The fourth-order valence-corrected chi connectivity index (χ4v) is 4.03. The normalized spacial score (nSPS) is 11.3. The van der Waals surface area contributed by atoms with E-state index in [-0.39, 0.29) is 5.69 Å². The van der Waals surface area contributed by atoms with Gasteiger partial charge in [-0.25, -0.2) is 4.98 Å². The minimum absolute atomic E-state index is 0.00485. The third-order valence-corrected chi connectivity index (χ3v) is 6.05. The maximum absolute atomic E-state index is 10.8. The van der Waals surface area contributed by atoms with Crippen LogP contribution in [0.4, 0.5) is 5.69 Å². The highest BCUT2D eigenvalue weighted by molar-refractivity contribution is 7.11. The number of benzene rings is 2. The van der Waals surface area contributed by atoms with E-state index in [2.05, 4.69) is 11.1 Å². The number of furan rings is 1. The predicted octanol–water partition coefficient (Wildman–Crippen LogP) is 7.35. The number of hydrogen-bond donors (Lipinski definition) is 0. The van der Waals surface area contributed by atoms with Gasteiger partial charge in [0.25, 0.3) is 5.69 Å². The van der Waals surface area contributed by atoms with Crippen LogP contribution in [0, 0.1) is 21.4 Å². The van der Waals surface area contributed by atoms with Crippen LogP contribution in [0.15, 0.2) is 64.4 Å². The van der Waals surface area contributed by atoms with Crippen molar-refractivity contribution in [3.8, 4) is 28.7 Å². The van der Waals surface area contributed by atoms with Gasteiger partial charge in [0.15, 0.2) is 0 Å². The van der Waals surface area contributed by atoms with Crippen LogP contribution < -0.4 is 0 Å². The predicted molar refractivity (Wildman–Crippen MR) is 122 cm³/mol. The quantitative estimate of drug-likeness (QED) is 0.173. The Bertz CT molecular complexity index is 1350. The SMILES string of the molecule is N#C/C(=C\c1ccc(-c2cccc(Cl)c2Cl)o1)c1nc(-c2ccc([N+](=O)[O-])cc2)cs1. The molecule has 0 aliphatic carbocycles. The third-order valence-electron chi connectivity index (χ3n) is 4.36. The summed E-state index contributed by atoms with van der Waals surface area (Å²) in [6.45, 7) is 0. The number of nitrogens with zero attached hydrogens (tertiary/aromatic N) is 3. The number of rotatable bonds is 5. The van der Waals surface area contributed by atoms with Crippen LogP contribution in [0.3, 0.4) is 0 Å². The number of allylic oxidation sites excluding steroid dienone is 1. The maximum Gasteiger partial charge on any atom is 0.269 e. The lowest BCUT2D eigenvalue weighted by molar-refractivity contribution is -0.384. The molecule has 9 heteroatoms. The molecule has 31 heavy (non-hydrogen) atoms. The number of aromatic nitrogens is 1. The number of nitro benzene ring substituents is 1. The first-order valence-corrected chi connectivity index (χ1v) is 10.5. The van der Waals surface area contributed by atoms with Gasteiger partial charge in [-0.15, -0.1) is 11.3 Å². The molecule has 0 fully saturated rings. The average Bonchev–Trinajstić information content (AvgIpc) is 3.44. The Morgan fingerprint density at radius 1 is 1.16 bits per heavy atom. The number of thiazole rings is 1. The molecular weight excluding hydrogens is 457 g/mol. The summed E-state index contributed by atoms with van der Waals surface area (Å²) in [4.78, 5) is 14.8. The van der Waals surface area contributed by atoms with Crippen LogP contribution in [-0.2, 0) is 0 Å². The van der Waals surface area contributed by atoms with E-state index < -0.39 is 4.92 Å². The van der Waals surface area contributed by atoms with Crippen molar-refractivity contribution < 1.29 is 9.34 Å². The molecule has 0 aliphatic rings. The van der Waals surface area contributed by atoms with Gasteiger partial charge in [-0.1, -0.05) is 29.3 Å². The molecule has 0 unspecified atom stereocenters. The van der Waals surface area contributed by atoms with Crippen molar-refractivity contribution in [1.82, 2.24) is 4.98 Å². The number of halogens is 2. The fraction of sp³-hybridized carbons (Fsp3) is 0. The van der Waals surface area contributed by atoms with Crippen molar-refractivity contribution >= 4 is 51.9 Å². The summed E-state index contributed by atoms with van der Waals surface area (Å²) in [5.41, 5.74) is 2.34. The smallest absolute Gasteiger partial charge is 0.269 e. The number of nitriles is 1. The van der Waals surface area contributed by atoms with E-state index in [0.717, 1.165) is 5.56 Å². The monoisotopic (exact) mass is 467 g/mol. The number of nitro groups is 1. The van der Waals surface area contributed by atoms with Crippen molar-refractivity contribution in [1.29, 1.82) is 5.26 Å². The maximum atomic E-state index is 10.8. The molecule has 0 atom stereocenters. The van der Waals surface area contributed by atoms with Gasteiger partial charge in [0.2, 0.25) is 0 Å². The standard InChI is InChI=1S/C22H11Cl2N3O3S/c23-18-3-1-2-17(21(18)24)20-9-8-16(30-20)10-14(11-25)22-26-19(12-31-22)13-4-6-15(7-5-13)27(28)29/h1-10,12H/b14-10+. The van der Waals surface area contributed by atoms with Crippen molar-refractivity contribution in [3.05, 3.63) is 90.9 Å². The Labute approximate surface area is 190 Å². The van der Waals surface area contributed by atoms with Crippen molar-refractivity contribution in [2.24, 2.45) is 0 Å². The third kappa shape index (κ3) is 4.37. The molecule has 0 aliphatic heterocycles. The Kier molecular flexibility index (Phi) is 5.87. The van der Waals surface area contributed by atoms with E-state index in [1.54, 1.807) is 53.9 Å². The second-order valence-corrected chi connectivity index (χ2v) is 7.96. The van der Waals surface area contributed by atoms with Gasteiger partial charge in [0, 0.05) is 34.7 Å². The lowest BCUT2D eigenvalue weighted by atomic mass is 10.1. The van der Waals surface area contributed by atoms with Gasteiger partial charge >= 0.3 is 0 Å². The Hall–Kier alpha value is -3.44. The van der Waals surface area contributed by atoms with Crippen LogP contribution in [0.5, 0.6) is 0 Å². The molecule has 0 N–H and O–H groups in total. The average molecular weight is 468 g/mol. The van der Waals surface area contributed by atoms with Gasteiger partial charge in [0.1, 0.15) is 22.6 Å². The Morgan fingerprint density at radius 3 is 2.65 bits per heavy atom. The first-order chi connectivity index (χ1) is 15.0. The lowest BCUT2D eigenvalue weighted by Crippen LogP contribution is -1.87. The van der Waals surface area contributed by atoms with Gasteiger partial charge in [-0.05, 0) is 36.4 Å². The molecule has 6 nitrogen and oxygen atoms in total. The molecular formula is C22H11Cl2N3O3S. The summed E-state index contributed by atoms with van der Waals surface area (Å²) in [7, 11) is 0. The van der Waals surface area contributed by atoms with E-state index in [1.807, 2.05) is 0 Å². The van der Waals surface area contributed by atoms with Gasteiger partial charge in [-0.2, -0.15) is 5.26 Å². The molecule has 2 heterocycles. The molecule has 0 radical (unpaired) electrons. The molecule has 0 bridgehead atoms. The topological polar surface area (TPSA) is 93.0 Å². The summed E-state index contributed by atoms with van der Waals surface area (Å²) < 4.78 is 5.83. The molecule has 2 aromatic heterocycles. The van der Waals surface area contributed by atoms with E-state index in [0.29, 0.717) is 43.4 Å². The summed E-state index contributed by atoms with van der Waals surface area (Å²) in [5, 5.41) is 23.5. The molecule has 0 saturated heterocycles. The van der Waals surface area contributed by atoms with Gasteiger partial charge in [0.05, 0.1) is 26.2 Å². The summed E-state index contributed by atoms with van der Waals surface area (Å²) in [6, 6.07) is 17.0. The summed E-state index contributed by atoms with van der Waals surface area (Å²) >= 11 is 13.6. The zero-order valence-electron chi connectivity index (χ0n) is 15.6. The van der Waals surface area contributed by atoms with Crippen LogP contribution >= 0.6 is 34.5 Å². The van der Waals surface area contributed by atoms with E-state index in [9.17, 15) is 15.4 Å². The summed E-state index contributed by atoms with van der Waals surface area (Å²) in [5.74, 6) is 0.997. The highest BCUT2D eigenvalue weighted by Gasteiger charge is 2.14. The first kappa shape index (κ1) is 20.8. The van der Waals surface area contributed by atoms with Crippen LogP contribution in [0.2, 0.25) is 10.0 Å². The Balaban J connectivity index is 1.62. The molecule has 152 valence electrons. The zero-order valence-corrected chi connectivity index (χ0v) is 17.9. The largest absolute Gasteiger partial charge is 0.457 e. The second kappa shape index (κ2) is 8.74. The number of non-ortho nitro benzene ring substituents is 1. The van der Waals surface area contributed by atoms with E-state index in [4.69, 9.17) is 27.6 Å². The van der Waals surface area contributed by atoms with E-state index in [1.165, 1.54) is 23.5 Å². The van der Waals surface area contributed by atoms with E-state index >= 15 is 0 Å². The lowest BCUT2D eigenvalue weighted by Gasteiger charge is -2.02. The number of hydrogen-bond acceptors (Lipinski definition) is 6. The Morgan fingerprint density at radius 2 is 1.94 bits per heavy atom. The fourth-order valence-electron chi connectivity index (χ4n) is 2.84. The second-order valence-electron chi connectivity index (χ2n) is 6.32. The highest BCUT2D eigenvalue weighted by atomic mass is 35.5. The summed E-state index contributed by atoms with van der Waals surface area (Å²) in [6.07, 6.45) is 1.60.